The summed E-state index contributed by atoms with van der Waals surface area (Å²) in [6, 6.07) is 0. The first-order valence-corrected chi connectivity index (χ1v) is 5.04. The van der Waals surface area contributed by atoms with Crippen LogP contribution in [0.4, 0.5) is 0 Å². The molecule has 0 aromatic carbocycles. The molecule has 0 fully saturated rings. The summed E-state index contributed by atoms with van der Waals surface area (Å²) >= 11 is 0. The Kier molecular flexibility index (Phi) is 4.31. The largest absolute Gasteiger partial charge is 0.0848 e. The first-order valence-electron chi connectivity index (χ1n) is 5.04. The van der Waals surface area contributed by atoms with E-state index in [1.165, 1.54) is 24.0 Å². The quantitative estimate of drug-likeness (QED) is 0.563. The lowest BCUT2D eigenvalue weighted by atomic mass is 9.98. The van der Waals surface area contributed by atoms with Gasteiger partial charge in [-0.15, -0.1) is 0 Å². The molecule has 1 aliphatic rings. The fraction of sp³-hybridized carbons (Fsp3) is 0.385. The average Bonchev–Trinajstić information content (AvgIpc) is 2.19. The molecule has 1 rings (SSSR count). The molecule has 0 nitrogen and oxygen atoms in total. The van der Waals surface area contributed by atoms with Crippen LogP contribution in [0, 0.1) is 0 Å². The molecule has 70 valence electrons. The fourth-order valence-electron chi connectivity index (χ4n) is 1.39. The van der Waals surface area contributed by atoms with Gasteiger partial charge in [0.25, 0.3) is 0 Å². The summed E-state index contributed by atoms with van der Waals surface area (Å²) in [7, 11) is 0. The molecule has 0 bridgehead atoms. The zero-order valence-corrected chi connectivity index (χ0v) is 8.59. The van der Waals surface area contributed by atoms with Gasteiger partial charge < -0.3 is 0 Å². The summed E-state index contributed by atoms with van der Waals surface area (Å²) in [6.07, 6.45) is 16.6. The molecule has 0 heteroatoms. The average molecular weight is 174 g/mol. The van der Waals surface area contributed by atoms with Gasteiger partial charge in [-0.05, 0) is 37.3 Å². The number of allylic oxidation sites excluding steroid dienone is 8. The molecular formula is C13H18. The van der Waals surface area contributed by atoms with Crippen LogP contribution >= 0.6 is 0 Å². The van der Waals surface area contributed by atoms with Crippen molar-refractivity contribution in [3.8, 4) is 0 Å². The summed E-state index contributed by atoms with van der Waals surface area (Å²) < 4.78 is 0. The van der Waals surface area contributed by atoms with Crippen LogP contribution in [0.1, 0.15) is 33.1 Å². The van der Waals surface area contributed by atoms with Crippen LogP contribution < -0.4 is 0 Å². The summed E-state index contributed by atoms with van der Waals surface area (Å²) in [5, 5.41) is 0. The second-order valence-electron chi connectivity index (χ2n) is 3.34. The fourth-order valence-corrected chi connectivity index (χ4v) is 1.39. The van der Waals surface area contributed by atoms with E-state index in [1.807, 2.05) is 0 Å². The highest BCUT2D eigenvalue weighted by molar-refractivity contribution is 5.36. The zero-order valence-electron chi connectivity index (χ0n) is 8.59. The van der Waals surface area contributed by atoms with Crippen LogP contribution in [0.3, 0.4) is 0 Å². The van der Waals surface area contributed by atoms with Gasteiger partial charge in [-0.2, -0.15) is 0 Å². The van der Waals surface area contributed by atoms with Gasteiger partial charge in [0.1, 0.15) is 0 Å². The van der Waals surface area contributed by atoms with E-state index in [2.05, 4.69) is 50.3 Å². The summed E-state index contributed by atoms with van der Waals surface area (Å²) in [5.74, 6) is 0. The van der Waals surface area contributed by atoms with E-state index in [4.69, 9.17) is 0 Å². The smallest absolute Gasteiger partial charge is 0.0241 e. The Balaban J connectivity index is 2.60. The van der Waals surface area contributed by atoms with E-state index >= 15 is 0 Å². The standard InChI is InChI=1S/C13H18/c1-3-4-6-9-12(2)13-10-7-5-8-11-13/h4-7,9-10H,3,8,11H2,1-2H3/b6-4-,12-9+. The normalized spacial score (nSPS) is 18.0. The van der Waals surface area contributed by atoms with E-state index in [-0.39, 0.29) is 0 Å². The molecule has 0 amide bonds. The van der Waals surface area contributed by atoms with Crippen molar-refractivity contribution < 1.29 is 0 Å². The molecule has 0 atom stereocenters. The van der Waals surface area contributed by atoms with Crippen LogP contribution in [0.15, 0.2) is 47.6 Å². The highest BCUT2D eigenvalue weighted by Gasteiger charge is 1.99. The predicted molar refractivity (Wildman–Crippen MR) is 59.6 cm³/mol. The Morgan fingerprint density at radius 1 is 1.54 bits per heavy atom. The number of hydrogen-bond donors (Lipinski definition) is 0. The summed E-state index contributed by atoms with van der Waals surface area (Å²) in [6.45, 7) is 4.34. The van der Waals surface area contributed by atoms with Crippen molar-refractivity contribution in [1.29, 1.82) is 0 Å². The first kappa shape index (κ1) is 10.0. The molecular weight excluding hydrogens is 156 g/mol. The minimum absolute atomic E-state index is 1.11. The van der Waals surface area contributed by atoms with Crippen LogP contribution in [0.25, 0.3) is 0 Å². The van der Waals surface area contributed by atoms with E-state index in [9.17, 15) is 0 Å². The van der Waals surface area contributed by atoms with Crippen molar-refractivity contribution in [3.63, 3.8) is 0 Å². The van der Waals surface area contributed by atoms with Gasteiger partial charge in [0.15, 0.2) is 0 Å². The number of rotatable bonds is 3. The molecule has 0 aliphatic heterocycles. The molecule has 0 saturated heterocycles. The van der Waals surface area contributed by atoms with Gasteiger partial charge in [0.2, 0.25) is 0 Å². The van der Waals surface area contributed by atoms with Gasteiger partial charge in [-0.25, -0.2) is 0 Å². The van der Waals surface area contributed by atoms with E-state index < -0.39 is 0 Å². The summed E-state index contributed by atoms with van der Waals surface area (Å²) in [5.41, 5.74) is 2.87. The minimum Gasteiger partial charge on any atom is -0.0848 e. The third-order valence-electron chi connectivity index (χ3n) is 2.24. The molecule has 0 radical (unpaired) electrons. The van der Waals surface area contributed by atoms with Gasteiger partial charge >= 0.3 is 0 Å². The lowest BCUT2D eigenvalue weighted by Crippen LogP contribution is -1.88. The van der Waals surface area contributed by atoms with E-state index in [0.29, 0.717) is 0 Å². The lowest BCUT2D eigenvalue weighted by Gasteiger charge is -2.08. The van der Waals surface area contributed by atoms with E-state index in [0.717, 1.165) is 6.42 Å². The number of hydrogen-bond acceptors (Lipinski definition) is 0. The highest BCUT2D eigenvalue weighted by atomic mass is 14.0. The molecule has 0 aromatic heterocycles. The van der Waals surface area contributed by atoms with Crippen LogP contribution in [-0.2, 0) is 0 Å². The monoisotopic (exact) mass is 174 g/mol. The zero-order chi connectivity index (χ0) is 9.52. The molecule has 0 saturated carbocycles. The Morgan fingerprint density at radius 2 is 2.38 bits per heavy atom. The highest BCUT2D eigenvalue weighted by Crippen LogP contribution is 2.19. The van der Waals surface area contributed by atoms with Gasteiger partial charge in [-0.1, -0.05) is 43.4 Å². The van der Waals surface area contributed by atoms with E-state index in [1.54, 1.807) is 0 Å². The molecule has 0 heterocycles. The Hall–Kier alpha value is -1.04. The SMILES string of the molecule is CC/C=C\C=C(/C)C1=CC=CCC1. The summed E-state index contributed by atoms with van der Waals surface area (Å²) in [4.78, 5) is 0. The molecule has 13 heavy (non-hydrogen) atoms. The van der Waals surface area contributed by atoms with Crippen molar-refractivity contribution in [2.24, 2.45) is 0 Å². The van der Waals surface area contributed by atoms with Crippen LogP contribution in [0.2, 0.25) is 0 Å². The maximum atomic E-state index is 2.22. The van der Waals surface area contributed by atoms with Crippen molar-refractivity contribution in [3.05, 3.63) is 47.6 Å². The molecule has 0 N–H and O–H groups in total. The maximum Gasteiger partial charge on any atom is -0.0241 e. The second-order valence-corrected chi connectivity index (χ2v) is 3.34. The molecule has 1 aliphatic carbocycles. The third-order valence-corrected chi connectivity index (χ3v) is 2.24. The second kappa shape index (κ2) is 5.58. The van der Waals surface area contributed by atoms with Crippen molar-refractivity contribution in [1.82, 2.24) is 0 Å². The van der Waals surface area contributed by atoms with Crippen molar-refractivity contribution in [2.45, 2.75) is 33.1 Å². The Bertz CT molecular complexity index is 262. The Morgan fingerprint density at radius 3 is 3.00 bits per heavy atom. The molecule has 0 aromatic rings. The molecule has 0 unspecified atom stereocenters. The van der Waals surface area contributed by atoms with Gasteiger partial charge in [0, 0.05) is 0 Å². The van der Waals surface area contributed by atoms with Crippen LogP contribution in [0.5, 0.6) is 0 Å². The molecule has 0 spiro atoms. The van der Waals surface area contributed by atoms with Crippen molar-refractivity contribution >= 4 is 0 Å². The first-order chi connectivity index (χ1) is 6.34. The Labute approximate surface area is 81.4 Å². The lowest BCUT2D eigenvalue weighted by molar-refractivity contribution is 0.968. The maximum absolute atomic E-state index is 2.22. The van der Waals surface area contributed by atoms with Gasteiger partial charge in [0.05, 0.1) is 0 Å². The minimum atomic E-state index is 1.11. The predicted octanol–water partition coefficient (Wildman–Crippen LogP) is 4.18. The third kappa shape index (κ3) is 3.45. The van der Waals surface area contributed by atoms with Crippen molar-refractivity contribution in [2.75, 3.05) is 0 Å². The van der Waals surface area contributed by atoms with Crippen LogP contribution in [-0.4, -0.2) is 0 Å². The topological polar surface area (TPSA) is 0 Å². The van der Waals surface area contributed by atoms with Gasteiger partial charge in [-0.3, -0.25) is 0 Å².